The molecule has 0 atom stereocenters. The summed E-state index contributed by atoms with van der Waals surface area (Å²) in [4.78, 5) is 0. The van der Waals surface area contributed by atoms with Crippen molar-refractivity contribution in [3.63, 3.8) is 0 Å². The maximum absolute atomic E-state index is 2.51. The van der Waals surface area contributed by atoms with E-state index in [2.05, 4.69) is 170 Å². The maximum Gasteiger partial charge on any atom is 0.0731 e. The predicted octanol–water partition coefficient (Wildman–Crippen LogP) is 12.5. The van der Waals surface area contributed by atoms with E-state index < -0.39 is 5.41 Å². The average molecular weight is 645 g/mol. The normalized spacial score (nSPS) is 14.3. The number of fused-ring (bicyclic) bond motifs is 16. The largest absolute Gasteiger partial charge is 0.0731 e. The van der Waals surface area contributed by atoms with E-state index in [1.807, 2.05) is 0 Å². The Bertz CT molecular complexity index is 2750. The lowest BCUT2D eigenvalue weighted by Gasteiger charge is -2.33. The molecule has 8 aromatic rings. The van der Waals surface area contributed by atoms with Crippen LogP contribution in [0.1, 0.15) is 44.5 Å². The van der Waals surface area contributed by atoms with Crippen molar-refractivity contribution in [2.75, 3.05) is 0 Å². The predicted molar refractivity (Wildman–Crippen MR) is 210 cm³/mol. The quantitative estimate of drug-likeness (QED) is 0.176. The first-order valence-electron chi connectivity index (χ1n) is 18.2. The van der Waals surface area contributed by atoms with Crippen LogP contribution in [0.15, 0.2) is 170 Å². The molecule has 0 unspecified atom stereocenters. The van der Waals surface area contributed by atoms with Crippen LogP contribution >= 0.6 is 0 Å². The van der Waals surface area contributed by atoms with E-state index in [1.54, 1.807) is 0 Å². The average Bonchev–Trinajstić information content (AvgIpc) is 3.92. The van der Waals surface area contributed by atoms with E-state index in [0.29, 0.717) is 0 Å². The lowest BCUT2D eigenvalue weighted by molar-refractivity contribution is 0.796. The van der Waals surface area contributed by atoms with E-state index in [-0.39, 0.29) is 0 Å². The summed E-state index contributed by atoms with van der Waals surface area (Å²) in [6, 6.07) is 64.7. The van der Waals surface area contributed by atoms with Gasteiger partial charge in [-0.05, 0) is 124 Å². The highest BCUT2D eigenvalue weighted by atomic mass is 14.5. The van der Waals surface area contributed by atoms with Crippen LogP contribution in [-0.4, -0.2) is 0 Å². The van der Waals surface area contributed by atoms with E-state index in [4.69, 9.17) is 0 Å². The van der Waals surface area contributed by atoms with Crippen LogP contribution in [0, 0.1) is 0 Å². The Labute approximate surface area is 298 Å². The molecule has 1 spiro atoms. The third-order valence-electron chi connectivity index (χ3n) is 12.3. The summed E-state index contributed by atoms with van der Waals surface area (Å²) in [5.74, 6) is 0. The molecule has 0 saturated heterocycles. The van der Waals surface area contributed by atoms with E-state index in [1.165, 1.54) is 111 Å². The van der Waals surface area contributed by atoms with Gasteiger partial charge in [-0.25, -0.2) is 0 Å². The van der Waals surface area contributed by atoms with Crippen molar-refractivity contribution in [3.8, 4) is 66.8 Å². The second-order valence-electron chi connectivity index (χ2n) is 14.7. The molecule has 0 amide bonds. The highest BCUT2D eigenvalue weighted by Crippen LogP contribution is 2.65. The molecule has 0 fully saturated rings. The number of benzene rings is 8. The van der Waals surface area contributed by atoms with Crippen LogP contribution in [0.5, 0.6) is 0 Å². The first-order chi connectivity index (χ1) is 25.3. The van der Waals surface area contributed by atoms with Gasteiger partial charge in [0.25, 0.3) is 0 Å². The van der Waals surface area contributed by atoms with Crippen LogP contribution in [-0.2, 0) is 18.3 Å². The Morgan fingerprint density at radius 3 is 1.25 bits per heavy atom. The van der Waals surface area contributed by atoms with Crippen LogP contribution in [0.3, 0.4) is 0 Å². The lowest BCUT2D eigenvalue weighted by atomic mass is 9.67. The minimum atomic E-state index is -0.431. The third-order valence-corrected chi connectivity index (χ3v) is 12.3. The summed E-state index contributed by atoms with van der Waals surface area (Å²) < 4.78 is 0. The smallest absolute Gasteiger partial charge is 0.0619 e. The van der Waals surface area contributed by atoms with Gasteiger partial charge in [0.15, 0.2) is 0 Å². The molecule has 4 aliphatic carbocycles. The monoisotopic (exact) mass is 644 g/mol. The Hall–Kier alpha value is -6.24. The summed E-state index contributed by atoms with van der Waals surface area (Å²) in [7, 11) is 0. The first-order valence-corrected chi connectivity index (χ1v) is 18.2. The summed E-state index contributed by atoms with van der Waals surface area (Å²) in [5.41, 5.74) is 26.9. The molecule has 0 N–H and O–H groups in total. The van der Waals surface area contributed by atoms with Gasteiger partial charge in [0.1, 0.15) is 0 Å². The third kappa shape index (κ3) is 3.50. The second kappa shape index (κ2) is 9.93. The molecule has 0 aromatic heterocycles. The minimum absolute atomic E-state index is 0.431. The zero-order valence-corrected chi connectivity index (χ0v) is 28.1. The number of rotatable bonds is 2. The van der Waals surface area contributed by atoms with E-state index in [9.17, 15) is 0 Å². The van der Waals surface area contributed by atoms with Gasteiger partial charge in [0.05, 0.1) is 5.41 Å². The summed E-state index contributed by atoms with van der Waals surface area (Å²) >= 11 is 0. The molecular formula is C51H32. The lowest BCUT2D eigenvalue weighted by Crippen LogP contribution is -2.26. The van der Waals surface area contributed by atoms with Gasteiger partial charge in [-0.3, -0.25) is 0 Å². The van der Waals surface area contributed by atoms with Crippen molar-refractivity contribution >= 4 is 0 Å². The van der Waals surface area contributed by atoms with Crippen molar-refractivity contribution in [2.45, 2.75) is 18.3 Å². The van der Waals surface area contributed by atoms with Crippen molar-refractivity contribution < 1.29 is 0 Å². The highest BCUT2D eigenvalue weighted by Gasteiger charge is 2.53. The molecule has 0 aliphatic heterocycles. The van der Waals surface area contributed by atoms with E-state index in [0.717, 1.165) is 12.8 Å². The Morgan fingerprint density at radius 2 is 0.686 bits per heavy atom. The molecule has 0 radical (unpaired) electrons. The zero-order chi connectivity index (χ0) is 33.3. The molecule has 0 saturated carbocycles. The molecule has 236 valence electrons. The van der Waals surface area contributed by atoms with Crippen molar-refractivity contribution in [1.29, 1.82) is 0 Å². The topological polar surface area (TPSA) is 0 Å². The summed E-state index contributed by atoms with van der Waals surface area (Å²) in [5, 5.41) is 0. The maximum atomic E-state index is 2.51. The molecule has 4 aliphatic rings. The van der Waals surface area contributed by atoms with Crippen molar-refractivity contribution in [2.24, 2.45) is 0 Å². The van der Waals surface area contributed by atoms with E-state index >= 15 is 0 Å². The van der Waals surface area contributed by atoms with Gasteiger partial charge in [0.2, 0.25) is 0 Å². The zero-order valence-electron chi connectivity index (χ0n) is 28.1. The van der Waals surface area contributed by atoms with Crippen LogP contribution in [0.25, 0.3) is 66.8 Å². The van der Waals surface area contributed by atoms with Crippen molar-refractivity contribution in [1.82, 2.24) is 0 Å². The van der Waals surface area contributed by atoms with Gasteiger partial charge in [-0.2, -0.15) is 0 Å². The molecule has 0 nitrogen and oxygen atoms in total. The molecule has 8 aromatic carbocycles. The summed E-state index contributed by atoms with van der Waals surface area (Å²) in [6.07, 6.45) is 1.95. The Kier molecular flexibility index (Phi) is 5.37. The van der Waals surface area contributed by atoms with Gasteiger partial charge in [0, 0.05) is 0 Å². The number of hydrogen-bond acceptors (Lipinski definition) is 0. The van der Waals surface area contributed by atoms with Crippen molar-refractivity contribution in [3.05, 3.63) is 214 Å². The fraction of sp³-hybridized carbons (Fsp3) is 0.0588. The Morgan fingerprint density at radius 1 is 0.294 bits per heavy atom. The SMILES string of the molecule is c1ccc2c(c1)Cc1cc(-c3ccc4c(c3-c3ccc5c(c3)Cc3ccccc3-5)C3(c5ccccc5-c5ccccc53)c3ccccc3-4)ccc1-2. The second-order valence-corrected chi connectivity index (χ2v) is 14.7. The van der Waals surface area contributed by atoms with Gasteiger partial charge >= 0.3 is 0 Å². The van der Waals surface area contributed by atoms with Crippen LogP contribution in [0.4, 0.5) is 0 Å². The molecule has 0 heterocycles. The van der Waals surface area contributed by atoms with Crippen LogP contribution in [0.2, 0.25) is 0 Å². The fourth-order valence-corrected chi connectivity index (χ4v) is 10.3. The van der Waals surface area contributed by atoms with Gasteiger partial charge in [-0.15, -0.1) is 0 Å². The standard InChI is InChI=1S/C51H32/c1-3-13-37-31(11-1)27-35-29-33(21-23-39(35)37)41-25-26-45-44-17-7-10-20-48(44)51(46-18-8-5-15-42(46)43-16-6-9-19-47(43)51)50(45)49(41)34-22-24-40-36(30-34)28-32-12-2-4-14-38(32)40/h1-26,29-30H,27-28H2. The summed E-state index contributed by atoms with van der Waals surface area (Å²) in [6.45, 7) is 0. The van der Waals surface area contributed by atoms with Gasteiger partial charge < -0.3 is 0 Å². The highest BCUT2D eigenvalue weighted by molar-refractivity contribution is 6.03. The fourth-order valence-electron chi connectivity index (χ4n) is 10.3. The minimum Gasteiger partial charge on any atom is -0.0619 e. The molecule has 0 bridgehead atoms. The first kappa shape index (κ1) is 27.6. The Balaban J connectivity index is 1.19. The molecule has 0 heteroatoms. The molecular weight excluding hydrogens is 613 g/mol. The molecule has 12 rings (SSSR count). The van der Waals surface area contributed by atoms with Gasteiger partial charge in [-0.1, -0.05) is 170 Å². The van der Waals surface area contributed by atoms with Crippen LogP contribution < -0.4 is 0 Å². The molecule has 51 heavy (non-hydrogen) atoms. The number of hydrogen-bond donors (Lipinski definition) is 0.